The molecule has 0 saturated heterocycles. The number of hydrogen-bond acceptors (Lipinski definition) is 4. The third-order valence-corrected chi connectivity index (χ3v) is 9.78. The number of rotatable bonds is 3. The molecule has 0 bridgehead atoms. The smallest absolute Gasteiger partial charge is 0.157 e. The van der Waals surface area contributed by atoms with E-state index in [2.05, 4.69) is 31.1 Å². The summed E-state index contributed by atoms with van der Waals surface area (Å²) in [5.74, 6) is 2.09. The molecule has 0 radical (unpaired) electrons. The molecule has 7 atom stereocenters. The molecule has 0 amide bonds. The minimum atomic E-state index is -0.510. The van der Waals surface area contributed by atoms with Gasteiger partial charge in [-0.25, -0.2) is 0 Å². The molecular formula is C26H35N3O2. The fourth-order valence-electron chi connectivity index (χ4n) is 8.01. The maximum absolute atomic E-state index is 13.3. The summed E-state index contributed by atoms with van der Waals surface area (Å²) in [7, 11) is 0. The lowest BCUT2D eigenvalue weighted by Gasteiger charge is -2.58. The first-order valence-electron chi connectivity index (χ1n) is 12.0. The molecule has 4 aliphatic carbocycles. The lowest BCUT2D eigenvalue weighted by molar-refractivity contribution is -0.128. The van der Waals surface area contributed by atoms with Gasteiger partial charge < -0.3 is 5.11 Å². The number of aliphatic hydroxyl groups is 1. The topological polar surface area (TPSA) is 78.9 Å². The van der Waals surface area contributed by atoms with Gasteiger partial charge in [-0.15, -0.1) is 0 Å². The Bertz CT molecular complexity index is 970. The Morgan fingerprint density at radius 1 is 1.26 bits per heavy atom. The Hall–Kier alpha value is -1.93. The summed E-state index contributed by atoms with van der Waals surface area (Å²) in [5, 5.41) is 23.9. The Morgan fingerprint density at radius 2 is 2.06 bits per heavy atom. The van der Waals surface area contributed by atoms with Crippen LogP contribution < -0.4 is 0 Å². The van der Waals surface area contributed by atoms with E-state index in [4.69, 9.17) is 5.26 Å². The summed E-state index contributed by atoms with van der Waals surface area (Å²) in [4.78, 5) is 13.3. The van der Waals surface area contributed by atoms with Crippen LogP contribution in [0.1, 0.15) is 77.7 Å². The highest BCUT2D eigenvalue weighted by molar-refractivity contribution is 5.82. The second kappa shape index (κ2) is 7.04. The van der Waals surface area contributed by atoms with Gasteiger partial charge in [0.2, 0.25) is 0 Å². The van der Waals surface area contributed by atoms with Gasteiger partial charge in [0.15, 0.2) is 5.78 Å². The predicted molar refractivity (Wildman–Crippen MR) is 118 cm³/mol. The van der Waals surface area contributed by atoms with Crippen LogP contribution in [-0.4, -0.2) is 26.3 Å². The molecule has 0 aliphatic heterocycles. The van der Waals surface area contributed by atoms with Gasteiger partial charge in [0.05, 0.1) is 23.9 Å². The van der Waals surface area contributed by atoms with E-state index in [-0.39, 0.29) is 29.1 Å². The molecule has 1 N–H and O–H groups in total. The molecule has 0 aromatic carbocycles. The molecule has 0 spiro atoms. The molecule has 1 heterocycles. The van der Waals surface area contributed by atoms with Crippen molar-refractivity contribution in [3.63, 3.8) is 0 Å². The average Bonchev–Trinajstić information content (AvgIpc) is 3.31. The van der Waals surface area contributed by atoms with E-state index >= 15 is 0 Å². The number of allylic oxidation sites excluding steroid dienone is 2. The van der Waals surface area contributed by atoms with Gasteiger partial charge in [-0.1, -0.05) is 25.5 Å². The Labute approximate surface area is 185 Å². The molecule has 0 unspecified atom stereocenters. The lowest BCUT2D eigenvalue weighted by Crippen LogP contribution is -2.51. The van der Waals surface area contributed by atoms with Crippen molar-refractivity contribution in [1.29, 1.82) is 5.26 Å². The predicted octanol–water partition coefficient (Wildman–Crippen LogP) is 4.65. The summed E-state index contributed by atoms with van der Waals surface area (Å²) >= 11 is 0. The quantitative estimate of drug-likeness (QED) is 0.720. The van der Waals surface area contributed by atoms with E-state index in [9.17, 15) is 9.90 Å². The van der Waals surface area contributed by atoms with Crippen molar-refractivity contribution >= 4 is 5.78 Å². The Balaban J connectivity index is 1.38. The minimum Gasteiger partial charge on any atom is -0.390 e. The van der Waals surface area contributed by atoms with Crippen LogP contribution in [0.5, 0.6) is 0 Å². The summed E-state index contributed by atoms with van der Waals surface area (Å²) < 4.78 is 1.63. The van der Waals surface area contributed by atoms with E-state index in [0.29, 0.717) is 23.3 Å². The van der Waals surface area contributed by atoms with Crippen molar-refractivity contribution in [2.75, 3.05) is 0 Å². The maximum Gasteiger partial charge on any atom is 0.157 e. The molecule has 5 heteroatoms. The van der Waals surface area contributed by atoms with Crippen molar-refractivity contribution in [3.8, 4) is 6.07 Å². The highest BCUT2D eigenvalue weighted by Gasteiger charge is 2.59. The van der Waals surface area contributed by atoms with Gasteiger partial charge in [-0.3, -0.25) is 9.48 Å². The van der Waals surface area contributed by atoms with Gasteiger partial charge in [0.1, 0.15) is 6.07 Å². The molecule has 5 nitrogen and oxygen atoms in total. The largest absolute Gasteiger partial charge is 0.390 e. The third-order valence-electron chi connectivity index (χ3n) is 9.78. The van der Waals surface area contributed by atoms with Crippen LogP contribution in [0.25, 0.3) is 0 Å². The molecule has 1 aromatic rings. The van der Waals surface area contributed by atoms with Gasteiger partial charge in [-0.05, 0) is 86.9 Å². The molecule has 1 aromatic heterocycles. The van der Waals surface area contributed by atoms with Gasteiger partial charge in [0, 0.05) is 12.1 Å². The summed E-state index contributed by atoms with van der Waals surface area (Å²) in [5.41, 5.74) is 1.89. The van der Waals surface area contributed by atoms with Crippen LogP contribution in [0.4, 0.5) is 0 Å². The Kier molecular flexibility index (Phi) is 4.75. The zero-order valence-electron chi connectivity index (χ0n) is 19.1. The number of ketones is 1. The van der Waals surface area contributed by atoms with E-state index in [1.807, 2.05) is 6.92 Å². The number of carbonyl (C=O) groups excluding carboxylic acids is 1. The zero-order valence-corrected chi connectivity index (χ0v) is 19.1. The second-order valence-electron chi connectivity index (χ2n) is 11.6. The fourth-order valence-corrected chi connectivity index (χ4v) is 8.01. The minimum absolute atomic E-state index is 0.0276. The molecule has 4 aliphatic rings. The van der Waals surface area contributed by atoms with Crippen LogP contribution in [0.2, 0.25) is 0 Å². The van der Waals surface area contributed by atoms with Crippen molar-refractivity contribution in [3.05, 3.63) is 29.6 Å². The van der Waals surface area contributed by atoms with Gasteiger partial charge in [0.25, 0.3) is 0 Å². The number of carbonyl (C=O) groups is 1. The normalized spacial score (nSPS) is 43.9. The van der Waals surface area contributed by atoms with Crippen molar-refractivity contribution in [2.45, 2.75) is 84.3 Å². The first-order chi connectivity index (χ1) is 14.7. The maximum atomic E-state index is 13.3. The first kappa shape index (κ1) is 20.9. The zero-order chi connectivity index (χ0) is 22.0. The van der Waals surface area contributed by atoms with E-state index in [1.165, 1.54) is 19.0 Å². The summed E-state index contributed by atoms with van der Waals surface area (Å²) in [6, 6.07) is 2.09. The summed E-state index contributed by atoms with van der Waals surface area (Å²) in [6.07, 6.45) is 14.1. The van der Waals surface area contributed by atoms with Crippen molar-refractivity contribution in [2.24, 2.45) is 34.5 Å². The van der Waals surface area contributed by atoms with Crippen LogP contribution in [0.15, 0.2) is 24.0 Å². The van der Waals surface area contributed by atoms with Crippen molar-refractivity contribution < 1.29 is 9.90 Å². The second-order valence-corrected chi connectivity index (χ2v) is 11.6. The van der Waals surface area contributed by atoms with Gasteiger partial charge in [-0.2, -0.15) is 10.4 Å². The molecule has 3 saturated carbocycles. The number of hydrogen-bond donors (Lipinski definition) is 1. The molecule has 3 fully saturated rings. The highest BCUT2D eigenvalue weighted by atomic mass is 16.3. The SMILES string of the molecule is C[C@@]1(O)CC[C@]2(C)C3=CC[C@]4(C)[C@@H](C(=O)Cn5cc(C#N)cn5)CC[C@H]4[C@@H]3CC[C@@H]2C1. The highest BCUT2D eigenvalue weighted by Crippen LogP contribution is 2.66. The van der Waals surface area contributed by atoms with Crippen LogP contribution in [-0.2, 0) is 11.3 Å². The first-order valence-corrected chi connectivity index (χ1v) is 12.0. The average molecular weight is 422 g/mol. The van der Waals surface area contributed by atoms with E-state index < -0.39 is 5.60 Å². The number of fused-ring (bicyclic) bond motifs is 5. The van der Waals surface area contributed by atoms with Crippen LogP contribution in [0, 0.1) is 45.8 Å². The van der Waals surface area contributed by atoms with Crippen LogP contribution in [0.3, 0.4) is 0 Å². The third kappa shape index (κ3) is 3.21. The molecule has 5 rings (SSSR count). The molecule has 31 heavy (non-hydrogen) atoms. The number of nitriles is 1. The summed E-state index contributed by atoms with van der Waals surface area (Å²) in [6.45, 7) is 7.09. The van der Waals surface area contributed by atoms with Crippen molar-refractivity contribution in [1.82, 2.24) is 9.78 Å². The fraction of sp³-hybridized carbons (Fsp3) is 0.731. The Morgan fingerprint density at radius 3 is 2.81 bits per heavy atom. The van der Waals surface area contributed by atoms with E-state index in [0.717, 1.165) is 38.5 Å². The van der Waals surface area contributed by atoms with Crippen LogP contribution >= 0.6 is 0 Å². The number of Topliss-reactive ketones (excluding diaryl/α,β-unsaturated/α-hetero) is 1. The number of nitrogens with zero attached hydrogens (tertiary/aromatic N) is 3. The van der Waals surface area contributed by atoms with Gasteiger partial charge >= 0.3 is 0 Å². The monoisotopic (exact) mass is 421 g/mol. The lowest BCUT2D eigenvalue weighted by atomic mass is 9.47. The van der Waals surface area contributed by atoms with E-state index in [1.54, 1.807) is 16.5 Å². The number of aromatic nitrogens is 2. The standard InChI is InChI=1S/C26H35N3O2/c1-24(31)10-11-25(2)18(12-24)4-5-19-20-6-7-22(26(20,3)9-8-21(19)25)23(30)16-29-15-17(13-27)14-28-29/h8,14-15,18-20,22,31H,4-7,9-12,16H2,1-3H3/t18-,19+,20+,22-,24-,25+,26+/m1/s1. The molecule has 166 valence electrons. The molecular weight excluding hydrogens is 386 g/mol.